The second kappa shape index (κ2) is 4.64. The van der Waals surface area contributed by atoms with Crippen LogP contribution in [0.25, 0.3) is 0 Å². The number of rotatable bonds is 4. The van der Waals surface area contributed by atoms with Gasteiger partial charge in [-0.25, -0.2) is 0 Å². The van der Waals surface area contributed by atoms with Gasteiger partial charge in [-0.15, -0.1) is 0 Å². The normalized spacial score (nSPS) is 17.5. The summed E-state index contributed by atoms with van der Waals surface area (Å²) in [7, 11) is 0. The predicted octanol–water partition coefficient (Wildman–Crippen LogP) is 1.00. The molecule has 0 saturated heterocycles. The minimum Gasteiger partial charge on any atom is -0.368 e. The first-order chi connectivity index (χ1) is 5.35. The molecule has 0 saturated carbocycles. The third-order valence-electron chi connectivity index (χ3n) is 1.07. The molecule has 0 aliphatic rings. The van der Waals surface area contributed by atoms with E-state index in [1.54, 1.807) is 0 Å². The zero-order chi connectivity index (χ0) is 9.78. The summed E-state index contributed by atoms with van der Waals surface area (Å²) in [5.74, 6) is 0. The zero-order valence-electron chi connectivity index (χ0n) is 6.51. The highest BCUT2D eigenvalue weighted by atomic mass is 19.4. The number of aliphatic hydroxyl groups excluding tert-OH is 2. The highest BCUT2D eigenvalue weighted by molar-refractivity contribution is 4.53. The quantitative estimate of drug-likeness (QED) is 0.647. The van der Waals surface area contributed by atoms with Crippen LogP contribution in [0.15, 0.2) is 0 Å². The van der Waals surface area contributed by atoms with Gasteiger partial charge in [0, 0.05) is 0 Å². The van der Waals surface area contributed by atoms with Crippen LogP contribution < -0.4 is 0 Å². The van der Waals surface area contributed by atoms with E-state index in [1.807, 2.05) is 0 Å². The Bertz CT molecular complexity index is 126. The van der Waals surface area contributed by atoms with Crippen LogP contribution in [0.3, 0.4) is 0 Å². The lowest BCUT2D eigenvalue weighted by atomic mass is 10.4. The van der Waals surface area contributed by atoms with Gasteiger partial charge in [0.05, 0.1) is 6.42 Å². The van der Waals surface area contributed by atoms with Crippen LogP contribution in [0.4, 0.5) is 13.2 Å². The van der Waals surface area contributed by atoms with Crippen molar-refractivity contribution in [2.75, 3.05) is 0 Å². The molecular formula is C6H11F3O3. The first-order valence-corrected chi connectivity index (χ1v) is 3.43. The summed E-state index contributed by atoms with van der Waals surface area (Å²) < 4.78 is 38.8. The van der Waals surface area contributed by atoms with Crippen molar-refractivity contribution in [1.82, 2.24) is 0 Å². The van der Waals surface area contributed by atoms with Crippen molar-refractivity contribution in [1.29, 1.82) is 0 Å². The average molecular weight is 188 g/mol. The van der Waals surface area contributed by atoms with Gasteiger partial charge in [0.1, 0.15) is 0 Å². The van der Waals surface area contributed by atoms with Crippen LogP contribution in [0.2, 0.25) is 0 Å². The lowest BCUT2D eigenvalue weighted by molar-refractivity contribution is -0.251. The smallest absolute Gasteiger partial charge is 0.368 e. The van der Waals surface area contributed by atoms with Gasteiger partial charge in [-0.2, -0.15) is 13.2 Å². The summed E-state index contributed by atoms with van der Waals surface area (Å²) in [5.41, 5.74) is 0. The van der Waals surface area contributed by atoms with Crippen LogP contribution in [-0.4, -0.2) is 29.0 Å². The molecule has 0 bridgehead atoms. The maximum atomic E-state index is 11.5. The van der Waals surface area contributed by atoms with Crippen molar-refractivity contribution < 1.29 is 28.1 Å². The lowest BCUT2D eigenvalue weighted by Gasteiger charge is -2.16. The number of ether oxygens (including phenoxy) is 1. The third-order valence-corrected chi connectivity index (χ3v) is 1.07. The molecule has 0 fully saturated rings. The van der Waals surface area contributed by atoms with E-state index >= 15 is 0 Å². The van der Waals surface area contributed by atoms with Gasteiger partial charge in [0.15, 0.2) is 12.6 Å². The summed E-state index contributed by atoms with van der Waals surface area (Å²) in [4.78, 5) is 0. The number of aliphatic hydroxyl groups is 2. The zero-order valence-corrected chi connectivity index (χ0v) is 6.51. The molecule has 3 nitrogen and oxygen atoms in total. The van der Waals surface area contributed by atoms with Gasteiger partial charge < -0.3 is 14.9 Å². The van der Waals surface area contributed by atoms with Gasteiger partial charge in [0.2, 0.25) is 0 Å². The van der Waals surface area contributed by atoms with E-state index < -0.39 is 25.2 Å². The van der Waals surface area contributed by atoms with Gasteiger partial charge in [0.25, 0.3) is 0 Å². The van der Waals surface area contributed by atoms with Crippen LogP contribution in [0.5, 0.6) is 0 Å². The van der Waals surface area contributed by atoms with Crippen molar-refractivity contribution in [3.8, 4) is 0 Å². The Morgan fingerprint density at radius 3 is 2.08 bits per heavy atom. The van der Waals surface area contributed by atoms with E-state index in [2.05, 4.69) is 4.74 Å². The van der Waals surface area contributed by atoms with Crippen LogP contribution in [-0.2, 0) is 4.74 Å². The standard InChI is InChI=1S/C6H11F3O3/c1-2-4(10)12-5(11)3-6(7,8)9/h4-5,10-11H,2-3H2,1H3. The first-order valence-electron chi connectivity index (χ1n) is 3.43. The van der Waals surface area contributed by atoms with E-state index in [1.165, 1.54) is 6.92 Å². The van der Waals surface area contributed by atoms with Crippen molar-refractivity contribution in [3.05, 3.63) is 0 Å². The van der Waals surface area contributed by atoms with E-state index in [0.717, 1.165) is 0 Å². The second-order valence-corrected chi connectivity index (χ2v) is 2.27. The summed E-state index contributed by atoms with van der Waals surface area (Å²) in [6.45, 7) is 1.52. The van der Waals surface area contributed by atoms with E-state index in [4.69, 9.17) is 10.2 Å². The van der Waals surface area contributed by atoms with Crippen molar-refractivity contribution in [3.63, 3.8) is 0 Å². The fraction of sp³-hybridized carbons (Fsp3) is 1.00. The molecule has 0 aromatic rings. The van der Waals surface area contributed by atoms with Crippen molar-refractivity contribution in [2.24, 2.45) is 0 Å². The minimum absolute atomic E-state index is 0.134. The second-order valence-electron chi connectivity index (χ2n) is 2.27. The van der Waals surface area contributed by atoms with Gasteiger partial charge in [-0.1, -0.05) is 6.92 Å². The molecular weight excluding hydrogens is 177 g/mol. The maximum Gasteiger partial charge on any atom is 0.393 e. The first kappa shape index (κ1) is 11.7. The third kappa shape index (κ3) is 6.38. The molecule has 0 aromatic carbocycles. The Morgan fingerprint density at radius 2 is 1.75 bits per heavy atom. The molecule has 0 rings (SSSR count). The van der Waals surface area contributed by atoms with Crippen LogP contribution >= 0.6 is 0 Å². The maximum absolute atomic E-state index is 11.5. The number of alkyl halides is 3. The van der Waals surface area contributed by atoms with Crippen LogP contribution in [0.1, 0.15) is 19.8 Å². The number of hydrogen-bond donors (Lipinski definition) is 2. The Kier molecular flexibility index (Phi) is 4.51. The Hall–Kier alpha value is -0.330. The van der Waals surface area contributed by atoms with Crippen LogP contribution in [0, 0.1) is 0 Å². The van der Waals surface area contributed by atoms with Gasteiger partial charge in [-0.05, 0) is 6.42 Å². The highest BCUT2D eigenvalue weighted by Gasteiger charge is 2.32. The topological polar surface area (TPSA) is 49.7 Å². The monoisotopic (exact) mass is 188 g/mol. The fourth-order valence-corrected chi connectivity index (χ4v) is 0.524. The summed E-state index contributed by atoms with van der Waals surface area (Å²) in [6.07, 6.45) is -9.14. The minimum atomic E-state index is -4.48. The Morgan fingerprint density at radius 1 is 1.25 bits per heavy atom. The van der Waals surface area contributed by atoms with E-state index in [-0.39, 0.29) is 6.42 Å². The Labute approximate surface area is 67.8 Å². The molecule has 6 heteroatoms. The number of halogens is 3. The SMILES string of the molecule is CCC(O)OC(O)CC(F)(F)F. The molecule has 0 aliphatic heterocycles. The van der Waals surface area contributed by atoms with Gasteiger partial charge in [-0.3, -0.25) is 0 Å². The molecule has 0 amide bonds. The molecule has 74 valence electrons. The fourth-order valence-electron chi connectivity index (χ4n) is 0.524. The molecule has 2 N–H and O–H groups in total. The van der Waals surface area contributed by atoms with E-state index in [0.29, 0.717) is 0 Å². The molecule has 0 radical (unpaired) electrons. The summed E-state index contributed by atoms with van der Waals surface area (Å²) in [6, 6.07) is 0. The Balaban J connectivity index is 3.66. The highest BCUT2D eigenvalue weighted by Crippen LogP contribution is 2.22. The van der Waals surface area contributed by atoms with Crippen molar-refractivity contribution >= 4 is 0 Å². The largest absolute Gasteiger partial charge is 0.393 e. The van der Waals surface area contributed by atoms with E-state index in [9.17, 15) is 13.2 Å². The molecule has 0 aliphatic carbocycles. The summed E-state index contributed by atoms with van der Waals surface area (Å²) in [5, 5.41) is 17.3. The summed E-state index contributed by atoms with van der Waals surface area (Å²) >= 11 is 0. The molecule has 12 heavy (non-hydrogen) atoms. The number of hydrogen-bond acceptors (Lipinski definition) is 3. The van der Waals surface area contributed by atoms with Gasteiger partial charge >= 0.3 is 6.18 Å². The molecule has 2 atom stereocenters. The van der Waals surface area contributed by atoms with Crippen molar-refractivity contribution in [2.45, 2.75) is 38.5 Å². The lowest BCUT2D eigenvalue weighted by Crippen LogP contribution is -2.26. The molecule has 0 aromatic heterocycles. The predicted molar refractivity (Wildman–Crippen MR) is 34.1 cm³/mol. The molecule has 0 heterocycles. The molecule has 0 spiro atoms. The molecule has 2 unspecified atom stereocenters. The average Bonchev–Trinajstić information content (AvgIpc) is 1.82.